The molecular weight excluding hydrogens is 529 g/mol. The molecule has 0 bridgehead atoms. The maximum absolute atomic E-state index is 14.5. The van der Waals surface area contributed by atoms with Gasteiger partial charge in [0.2, 0.25) is 5.95 Å². The molecule has 0 atom stereocenters. The van der Waals surface area contributed by atoms with E-state index in [4.69, 9.17) is 10.7 Å². The highest BCUT2D eigenvalue weighted by molar-refractivity contribution is 6.00. The third-order valence-corrected chi connectivity index (χ3v) is 9.29. The van der Waals surface area contributed by atoms with Crippen LogP contribution in [-0.2, 0) is 7.05 Å². The summed E-state index contributed by atoms with van der Waals surface area (Å²) in [5, 5.41) is 4.25. The van der Waals surface area contributed by atoms with Gasteiger partial charge in [-0.15, -0.1) is 0 Å². The van der Waals surface area contributed by atoms with Crippen LogP contribution in [0.4, 0.5) is 21.8 Å². The monoisotopic (exact) mass is 567 g/mol. The number of benzene rings is 2. The molecule has 2 aliphatic rings. The minimum absolute atomic E-state index is 0.312. The lowest BCUT2D eigenvalue weighted by atomic mass is 9.89. The first-order chi connectivity index (χ1) is 20.4. The molecule has 1 aliphatic carbocycles. The lowest BCUT2D eigenvalue weighted by Gasteiger charge is -2.41. The lowest BCUT2D eigenvalue weighted by molar-refractivity contribution is 0.0828. The van der Waals surface area contributed by atoms with Crippen molar-refractivity contribution in [3.05, 3.63) is 60.3 Å². The molecular formula is C32H38FN9. The van der Waals surface area contributed by atoms with Crippen LogP contribution in [0.3, 0.4) is 0 Å². The van der Waals surface area contributed by atoms with Crippen LogP contribution in [0.1, 0.15) is 37.3 Å². The fraction of sp³-hybridized carbons (Fsp3) is 0.406. The zero-order valence-corrected chi connectivity index (χ0v) is 24.5. The number of fused-ring (bicyclic) bond motifs is 2. The first-order valence-electron chi connectivity index (χ1n) is 14.9. The van der Waals surface area contributed by atoms with E-state index < -0.39 is 0 Å². The highest BCUT2D eigenvalue weighted by Gasteiger charge is 2.30. The summed E-state index contributed by atoms with van der Waals surface area (Å²) in [5.74, 6) is 0.774. The molecule has 0 unspecified atom stereocenters. The Hall–Kier alpha value is -4.02. The van der Waals surface area contributed by atoms with Crippen molar-refractivity contribution in [3.8, 4) is 11.1 Å². The Kier molecular flexibility index (Phi) is 6.82. The summed E-state index contributed by atoms with van der Waals surface area (Å²) in [4.78, 5) is 18.7. The number of hydrogen-bond donors (Lipinski definition) is 2. The average molecular weight is 568 g/mol. The van der Waals surface area contributed by atoms with Gasteiger partial charge in [-0.2, -0.15) is 0 Å². The Bertz CT molecular complexity index is 1740. The molecule has 0 radical (unpaired) electrons. The number of hydrogen-bond acceptors (Lipinski definition) is 7. The minimum Gasteiger partial charge on any atom is -0.383 e. The fourth-order valence-corrected chi connectivity index (χ4v) is 6.85. The Morgan fingerprint density at radius 2 is 1.64 bits per heavy atom. The largest absolute Gasteiger partial charge is 0.383 e. The van der Waals surface area contributed by atoms with Crippen molar-refractivity contribution in [2.24, 2.45) is 7.05 Å². The van der Waals surface area contributed by atoms with Gasteiger partial charge in [-0.25, -0.2) is 19.3 Å². The molecule has 1 saturated heterocycles. The van der Waals surface area contributed by atoms with Crippen molar-refractivity contribution in [1.82, 2.24) is 33.9 Å². The zero-order chi connectivity index (χ0) is 29.0. The lowest BCUT2D eigenvalue weighted by Crippen LogP contribution is -2.49. The van der Waals surface area contributed by atoms with Gasteiger partial charge in [-0.3, -0.25) is 4.90 Å². The molecule has 42 heavy (non-hydrogen) atoms. The van der Waals surface area contributed by atoms with E-state index in [1.807, 2.05) is 36.7 Å². The number of imidazole rings is 1. The Morgan fingerprint density at radius 1 is 0.929 bits per heavy atom. The third-order valence-electron chi connectivity index (χ3n) is 9.29. The van der Waals surface area contributed by atoms with E-state index >= 15 is 0 Å². The van der Waals surface area contributed by atoms with E-state index in [0.717, 1.165) is 64.9 Å². The van der Waals surface area contributed by atoms with E-state index in [2.05, 4.69) is 55.0 Å². The molecule has 7 rings (SSSR count). The summed E-state index contributed by atoms with van der Waals surface area (Å²) in [5.41, 5.74) is 12.3. The third kappa shape index (κ3) is 4.78. The molecule has 1 aliphatic heterocycles. The average Bonchev–Trinajstić information content (AvgIpc) is 3.53. The number of nitrogens with two attached hydrogens (primary N) is 1. The van der Waals surface area contributed by atoms with Gasteiger partial charge >= 0.3 is 0 Å². The van der Waals surface area contributed by atoms with E-state index in [9.17, 15) is 4.39 Å². The number of nitrogen functional groups attached to an aromatic ring is 1. The molecule has 3 N–H and O–H groups in total. The summed E-state index contributed by atoms with van der Waals surface area (Å²) in [6.45, 7) is 6.55. The highest BCUT2D eigenvalue weighted by atomic mass is 19.1. The van der Waals surface area contributed by atoms with Gasteiger partial charge in [0.15, 0.2) is 5.82 Å². The van der Waals surface area contributed by atoms with E-state index in [0.29, 0.717) is 29.4 Å². The van der Waals surface area contributed by atoms with Crippen LogP contribution in [0, 0.1) is 12.7 Å². The predicted molar refractivity (Wildman–Crippen MR) is 166 cm³/mol. The van der Waals surface area contributed by atoms with Crippen molar-refractivity contribution >= 4 is 39.5 Å². The number of nitrogens with zero attached hydrogens (tertiary/aromatic N) is 7. The molecule has 2 aromatic carbocycles. The van der Waals surface area contributed by atoms with Gasteiger partial charge in [0, 0.05) is 62.8 Å². The van der Waals surface area contributed by atoms with Gasteiger partial charge in [-0.05, 0) is 75.0 Å². The van der Waals surface area contributed by atoms with Gasteiger partial charge in [0.05, 0.1) is 10.9 Å². The van der Waals surface area contributed by atoms with E-state index in [-0.39, 0.29) is 5.82 Å². The van der Waals surface area contributed by atoms with Gasteiger partial charge < -0.3 is 25.1 Å². The predicted octanol–water partition coefficient (Wildman–Crippen LogP) is 5.49. The fourth-order valence-electron chi connectivity index (χ4n) is 6.85. The van der Waals surface area contributed by atoms with E-state index in [1.54, 1.807) is 6.33 Å². The maximum Gasteiger partial charge on any atom is 0.208 e. The van der Waals surface area contributed by atoms with Crippen LogP contribution in [0.15, 0.2) is 48.9 Å². The first-order valence-corrected chi connectivity index (χ1v) is 14.9. The number of anilines is 3. The van der Waals surface area contributed by atoms with Crippen molar-refractivity contribution in [3.63, 3.8) is 0 Å². The quantitative estimate of drug-likeness (QED) is 0.290. The molecule has 0 amide bonds. The van der Waals surface area contributed by atoms with Crippen molar-refractivity contribution < 1.29 is 4.39 Å². The molecule has 4 heterocycles. The normalized spacial score (nSPS) is 20.5. The van der Waals surface area contributed by atoms with Gasteiger partial charge in [-0.1, -0.05) is 12.1 Å². The summed E-state index contributed by atoms with van der Waals surface area (Å²) >= 11 is 0. The minimum atomic E-state index is -0.312. The Morgan fingerprint density at radius 3 is 2.38 bits per heavy atom. The van der Waals surface area contributed by atoms with Crippen LogP contribution >= 0.6 is 0 Å². The van der Waals surface area contributed by atoms with Crippen molar-refractivity contribution in [2.45, 2.75) is 44.7 Å². The molecule has 0 spiro atoms. The highest BCUT2D eigenvalue weighted by Crippen LogP contribution is 2.39. The summed E-state index contributed by atoms with van der Waals surface area (Å²) in [7, 11) is 4.10. The number of aryl methyl sites for hydroxylation is 2. The number of halogens is 1. The van der Waals surface area contributed by atoms with Crippen LogP contribution < -0.4 is 11.1 Å². The van der Waals surface area contributed by atoms with Crippen LogP contribution in [0.2, 0.25) is 0 Å². The Labute approximate surface area is 245 Å². The van der Waals surface area contributed by atoms with Gasteiger partial charge in [0.25, 0.3) is 0 Å². The molecule has 10 heteroatoms. The maximum atomic E-state index is 14.5. The topological polar surface area (TPSA) is 93.1 Å². The second kappa shape index (κ2) is 10.7. The molecule has 3 aromatic heterocycles. The van der Waals surface area contributed by atoms with Crippen LogP contribution in [-0.4, -0.2) is 73.2 Å². The second-order valence-corrected chi connectivity index (χ2v) is 12.0. The van der Waals surface area contributed by atoms with Crippen molar-refractivity contribution in [1.29, 1.82) is 0 Å². The number of piperazine rings is 1. The van der Waals surface area contributed by atoms with E-state index in [1.165, 1.54) is 32.0 Å². The Balaban J connectivity index is 1.13. The summed E-state index contributed by atoms with van der Waals surface area (Å²) < 4.78 is 18.7. The summed E-state index contributed by atoms with van der Waals surface area (Å²) in [6.07, 6.45) is 8.46. The molecule has 218 valence electrons. The molecule has 5 aromatic rings. The van der Waals surface area contributed by atoms with Crippen LogP contribution in [0.5, 0.6) is 0 Å². The SMILES string of the molecule is Cc1cc(F)c2nc(Nc3ccc(-c4cn(C5CCC(N6CCN(C)CC6)CC5)c5ncnc(N)c45)cc3)n(C)c2c1. The zero-order valence-electron chi connectivity index (χ0n) is 24.5. The van der Waals surface area contributed by atoms with Gasteiger partial charge in [0.1, 0.15) is 23.3 Å². The molecule has 9 nitrogen and oxygen atoms in total. The standard InChI is InChI=1S/C32H38FN9/c1-20-16-26(33)29-27(17-20)40(3)32(38-29)37-22-6-4-21(5-7-22)25-18-42(31-28(25)30(34)35-19-36-31)24-10-8-23(9-11-24)41-14-12-39(2)13-15-41/h4-7,16-19,23-24H,8-15H2,1-3H3,(H,37,38)(H2,34,35,36). The first kappa shape index (κ1) is 26.9. The molecule has 2 fully saturated rings. The summed E-state index contributed by atoms with van der Waals surface area (Å²) in [6, 6.07) is 12.7. The smallest absolute Gasteiger partial charge is 0.208 e. The number of rotatable bonds is 5. The van der Waals surface area contributed by atoms with Crippen molar-refractivity contribution in [2.75, 3.05) is 44.3 Å². The van der Waals surface area contributed by atoms with Crippen LogP contribution in [0.25, 0.3) is 33.2 Å². The second-order valence-electron chi connectivity index (χ2n) is 12.0. The molecule has 1 saturated carbocycles. The number of nitrogens with one attached hydrogen (secondary N) is 1. The number of likely N-dealkylation sites (N-methyl/N-ethyl adjacent to an activating group) is 1. The number of aromatic nitrogens is 5.